The van der Waals surface area contributed by atoms with Crippen molar-refractivity contribution in [2.24, 2.45) is 0 Å². The number of hydrogen-bond acceptors (Lipinski definition) is 4. The Bertz CT molecular complexity index is 734. The molecule has 0 aliphatic heterocycles. The zero-order valence-electron chi connectivity index (χ0n) is 12.1. The van der Waals surface area contributed by atoms with Crippen LogP contribution in [0.3, 0.4) is 0 Å². The lowest BCUT2D eigenvalue weighted by molar-refractivity contribution is 0.411. The summed E-state index contributed by atoms with van der Waals surface area (Å²) in [5.74, 6) is 0.625. The van der Waals surface area contributed by atoms with Crippen LogP contribution in [0.15, 0.2) is 33.0 Å². The van der Waals surface area contributed by atoms with Crippen molar-refractivity contribution < 1.29 is 14.3 Å². The second-order valence-corrected chi connectivity index (χ2v) is 4.97. The number of aryl methyl sites for hydroxylation is 1. The van der Waals surface area contributed by atoms with Gasteiger partial charge in [-0.2, -0.15) is 0 Å². The van der Waals surface area contributed by atoms with E-state index in [4.69, 9.17) is 9.15 Å². The highest BCUT2D eigenvalue weighted by molar-refractivity contribution is 5.89. The number of fused-ring (bicyclic) bond motifs is 1. The SMILES string of the molecule is COc1ccc2oc(=O)c(CC=C(C)C)c(O)c2c1C. The third kappa shape index (κ3) is 2.41. The molecule has 0 unspecified atom stereocenters. The molecular weight excluding hydrogens is 256 g/mol. The molecule has 1 aromatic heterocycles. The molecule has 0 aliphatic rings. The standard InChI is InChI=1S/C16H18O4/c1-9(2)5-6-11-15(17)14-10(3)12(19-4)7-8-13(14)20-16(11)18/h5,7-8,17H,6H2,1-4H3. The minimum atomic E-state index is -0.503. The van der Waals surface area contributed by atoms with E-state index in [0.29, 0.717) is 23.1 Å². The molecule has 0 saturated heterocycles. The summed E-state index contributed by atoms with van der Waals surface area (Å²) in [6.07, 6.45) is 2.23. The Labute approximate surface area is 117 Å². The van der Waals surface area contributed by atoms with Crippen LogP contribution in [0.1, 0.15) is 25.0 Å². The number of allylic oxidation sites excluding steroid dienone is 2. The maximum absolute atomic E-state index is 11.9. The molecule has 0 saturated carbocycles. The molecule has 106 valence electrons. The Balaban J connectivity index is 2.75. The summed E-state index contributed by atoms with van der Waals surface area (Å²) in [6, 6.07) is 3.35. The number of rotatable bonds is 3. The molecule has 2 rings (SSSR count). The van der Waals surface area contributed by atoms with Gasteiger partial charge in [-0.3, -0.25) is 0 Å². The molecule has 4 nitrogen and oxygen atoms in total. The number of methoxy groups -OCH3 is 1. The molecular formula is C16H18O4. The smallest absolute Gasteiger partial charge is 0.343 e. The van der Waals surface area contributed by atoms with E-state index in [9.17, 15) is 9.90 Å². The Morgan fingerprint density at radius 3 is 2.70 bits per heavy atom. The van der Waals surface area contributed by atoms with Crippen LogP contribution in [0.25, 0.3) is 11.0 Å². The van der Waals surface area contributed by atoms with E-state index in [0.717, 1.165) is 11.1 Å². The van der Waals surface area contributed by atoms with Gasteiger partial charge in [-0.05, 0) is 32.9 Å². The van der Waals surface area contributed by atoms with E-state index in [1.165, 1.54) is 0 Å². The van der Waals surface area contributed by atoms with E-state index in [2.05, 4.69) is 0 Å². The first-order valence-corrected chi connectivity index (χ1v) is 6.41. The zero-order valence-corrected chi connectivity index (χ0v) is 12.1. The molecule has 0 fully saturated rings. The summed E-state index contributed by atoms with van der Waals surface area (Å²) in [7, 11) is 1.56. The van der Waals surface area contributed by atoms with Gasteiger partial charge in [0.05, 0.1) is 18.1 Å². The third-order valence-corrected chi connectivity index (χ3v) is 3.28. The predicted octanol–water partition coefficient (Wildman–Crippen LogP) is 3.32. The topological polar surface area (TPSA) is 59.7 Å². The first-order valence-electron chi connectivity index (χ1n) is 6.41. The van der Waals surface area contributed by atoms with Gasteiger partial charge in [-0.25, -0.2) is 4.79 Å². The van der Waals surface area contributed by atoms with Gasteiger partial charge in [0, 0.05) is 12.0 Å². The van der Waals surface area contributed by atoms with Crippen molar-refractivity contribution in [3.63, 3.8) is 0 Å². The minimum Gasteiger partial charge on any atom is -0.507 e. The van der Waals surface area contributed by atoms with Crippen molar-refractivity contribution in [1.29, 1.82) is 0 Å². The first kappa shape index (κ1) is 14.2. The molecule has 0 spiro atoms. The molecule has 2 aromatic rings. The quantitative estimate of drug-likeness (QED) is 0.689. The summed E-state index contributed by atoms with van der Waals surface area (Å²) in [6.45, 7) is 5.70. The Morgan fingerprint density at radius 1 is 1.40 bits per heavy atom. The van der Waals surface area contributed by atoms with Crippen LogP contribution in [-0.2, 0) is 6.42 Å². The van der Waals surface area contributed by atoms with E-state index < -0.39 is 5.63 Å². The van der Waals surface area contributed by atoms with Crippen molar-refractivity contribution in [3.8, 4) is 11.5 Å². The molecule has 0 bridgehead atoms. The Kier molecular flexibility index (Phi) is 3.84. The summed E-state index contributed by atoms with van der Waals surface area (Å²) < 4.78 is 10.5. The summed E-state index contributed by atoms with van der Waals surface area (Å²) in [5, 5.41) is 10.9. The first-order chi connectivity index (χ1) is 9.45. The highest BCUT2D eigenvalue weighted by Crippen LogP contribution is 2.34. The van der Waals surface area contributed by atoms with Crippen LogP contribution in [0.5, 0.6) is 11.5 Å². The summed E-state index contributed by atoms with van der Waals surface area (Å²) >= 11 is 0. The molecule has 4 heteroatoms. The molecule has 0 atom stereocenters. The normalized spacial score (nSPS) is 10.6. The lowest BCUT2D eigenvalue weighted by atomic mass is 10.0. The lowest BCUT2D eigenvalue weighted by Gasteiger charge is -2.10. The number of hydrogen-bond donors (Lipinski definition) is 1. The summed E-state index contributed by atoms with van der Waals surface area (Å²) in [4.78, 5) is 11.9. The van der Waals surface area contributed by atoms with E-state index in [1.54, 1.807) is 19.2 Å². The van der Waals surface area contributed by atoms with E-state index in [1.807, 2.05) is 26.8 Å². The zero-order chi connectivity index (χ0) is 14.9. The Hall–Kier alpha value is -2.23. The van der Waals surface area contributed by atoms with E-state index >= 15 is 0 Å². The summed E-state index contributed by atoms with van der Waals surface area (Å²) in [5.41, 5.74) is 1.97. The molecule has 0 aliphatic carbocycles. The van der Waals surface area contributed by atoms with Gasteiger partial charge < -0.3 is 14.3 Å². The molecule has 0 radical (unpaired) electrons. The number of benzene rings is 1. The van der Waals surface area contributed by atoms with E-state index in [-0.39, 0.29) is 11.3 Å². The lowest BCUT2D eigenvalue weighted by Crippen LogP contribution is -2.07. The van der Waals surface area contributed by atoms with Crippen LogP contribution in [0, 0.1) is 6.92 Å². The van der Waals surface area contributed by atoms with Crippen molar-refractivity contribution in [2.75, 3.05) is 7.11 Å². The van der Waals surface area contributed by atoms with Crippen LogP contribution < -0.4 is 10.4 Å². The van der Waals surface area contributed by atoms with Crippen molar-refractivity contribution in [1.82, 2.24) is 0 Å². The minimum absolute atomic E-state index is 0.0230. The van der Waals surface area contributed by atoms with Crippen LogP contribution in [0.4, 0.5) is 0 Å². The second kappa shape index (κ2) is 5.41. The fraction of sp³-hybridized carbons (Fsp3) is 0.312. The molecule has 1 heterocycles. The average molecular weight is 274 g/mol. The fourth-order valence-corrected chi connectivity index (χ4v) is 2.16. The third-order valence-electron chi connectivity index (χ3n) is 3.28. The van der Waals surface area contributed by atoms with Crippen LogP contribution in [-0.4, -0.2) is 12.2 Å². The van der Waals surface area contributed by atoms with Crippen LogP contribution >= 0.6 is 0 Å². The molecule has 0 amide bonds. The fourth-order valence-electron chi connectivity index (χ4n) is 2.16. The van der Waals surface area contributed by atoms with Gasteiger partial charge in [0.25, 0.3) is 0 Å². The highest BCUT2D eigenvalue weighted by atomic mass is 16.5. The molecule has 1 N–H and O–H groups in total. The van der Waals surface area contributed by atoms with Crippen molar-refractivity contribution >= 4 is 11.0 Å². The van der Waals surface area contributed by atoms with Gasteiger partial charge >= 0.3 is 5.63 Å². The second-order valence-electron chi connectivity index (χ2n) is 4.97. The van der Waals surface area contributed by atoms with Crippen molar-refractivity contribution in [2.45, 2.75) is 27.2 Å². The monoisotopic (exact) mass is 274 g/mol. The van der Waals surface area contributed by atoms with Gasteiger partial charge in [0.1, 0.15) is 17.1 Å². The van der Waals surface area contributed by atoms with Gasteiger partial charge in [-0.1, -0.05) is 11.6 Å². The predicted molar refractivity (Wildman–Crippen MR) is 78.6 cm³/mol. The van der Waals surface area contributed by atoms with Gasteiger partial charge in [0.2, 0.25) is 0 Å². The molecule has 1 aromatic carbocycles. The largest absolute Gasteiger partial charge is 0.507 e. The van der Waals surface area contributed by atoms with Crippen LogP contribution in [0.2, 0.25) is 0 Å². The maximum atomic E-state index is 11.9. The Morgan fingerprint density at radius 2 is 2.10 bits per heavy atom. The number of aromatic hydroxyl groups is 1. The van der Waals surface area contributed by atoms with Gasteiger partial charge in [-0.15, -0.1) is 0 Å². The average Bonchev–Trinajstić information content (AvgIpc) is 2.38. The maximum Gasteiger partial charge on any atom is 0.343 e. The molecule has 20 heavy (non-hydrogen) atoms. The highest BCUT2D eigenvalue weighted by Gasteiger charge is 2.16. The number of ether oxygens (including phenoxy) is 1. The van der Waals surface area contributed by atoms with Crippen molar-refractivity contribution in [3.05, 3.63) is 45.3 Å². The van der Waals surface area contributed by atoms with Gasteiger partial charge in [0.15, 0.2) is 0 Å².